The maximum Gasteiger partial charge on any atom is 0.413 e. The Bertz CT molecular complexity index is 891. The highest BCUT2D eigenvalue weighted by Crippen LogP contribution is 2.40. The fraction of sp³-hybridized carbons (Fsp3) is 0.0556. The Balaban J connectivity index is 1.97. The molecule has 1 N–H and O–H groups in total. The summed E-state index contributed by atoms with van der Waals surface area (Å²) in [4.78, 5) is 12.0. The van der Waals surface area contributed by atoms with E-state index < -0.39 is 6.09 Å². The van der Waals surface area contributed by atoms with E-state index in [1.807, 2.05) is 60.7 Å². The molecule has 1 aliphatic rings. The van der Waals surface area contributed by atoms with E-state index in [2.05, 4.69) is 5.32 Å². The third-order valence-corrected chi connectivity index (χ3v) is 4.24. The lowest BCUT2D eigenvalue weighted by atomic mass is 9.94. The molecule has 0 aromatic heterocycles. The molecule has 4 heteroatoms. The minimum absolute atomic E-state index is 0.311. The van der Waals surface area contributed by atoms with E-state index in [4.69, 9.17) is 16.3 Å². The largest absolute Gasteiger partial charge is 0.413 e. The highest BCUT2D eigenvalue weighted by atomic mass is 35.5. The maximum absolute atomic E-state index is 12.0. The fourth-order valence-corrected chi connectivity index (χ4v) is 3.12. The molecule has 1 atom stereocenters. The molecule has 1 unspecified atom stereocenters. The second kappa shape index (κ2) is 5.04. The molecule has 0 saturated carbocycles. The molecule has 0 saturated heterocycles. The Kier molecular flexibility index (Phi) is 3.01. The number of halogens is 1. The van der Waals surface area contributed by atoms with Crippen molar-refractivity contribution in [3.05, 3.63) is 76.8 Å². The van der Waals surface area contributed by atoms with Crippen molar-refractivity contribution in [2.24, 2.45) is 0 Å². The molecule has 0 fully saturated rings. The van der Waals surface area contributed by atoms with Crippen LogP contribution < -0.4 is 10.1 Å². The first kappa shape index (κ1) is 13.2. The number of ether oxygens (including phenoxy) is 1. The van der Waals surface area contributed by atoms with Gasteiger partial charge in [0.15, 0.2) is 0 Å². The van der Waals surface area contributed by atoms with Gasteiger partial charge in [-0.15, -0.1) is 0 Å². The summed E-state index contributed by atoms with van der Waals surface area (Å²) in [5.74, 6) is 0.603. The minimum Gasteiger partial charge on any atom is -0.409 e. The van der Waals surface area contributed by atoms with Crippen molar-refractivity contribution in [1.29, 1.82) is 0 Å². The molecule has 4 rings (SSSR count). The quantitative estimate of drug-likeness (QED) is 0.708. The molecular weight excluding hydrogens is 298 g/mol. The minimum atomic E-state index is -0.464. The average Bonchev–Trinajstić information content (AvgIpc) is 2.54. The molecular formula is C18H12ClNO2. The Morgan fingerprint density at radius 1 is 0.909 bits per heavy atom. The lowest BCUT2D eigenvalue weighted by Gasteiger charge is -2.28. The number of fused-ring (bicyclic) bond motifs is 3. The van der Waals surface area contributed by atoms with Crippen LogP contribution in [0.1, 0.15) is 17.2 Å². The van der Waals surface area contributed by atoms with E-state index in [1.165, 1.54) is 0 Å². The maximum atomic E-state index is 12.0. The molecule has 1 amide bonds. The van der Waals surface area contributed by atoms with Gasteiger partial charge in [0.05, 0.1) is 6.04 Å². The van der Waals surface area contributed by atoms with Gasteiger partial charge < -0.3 is 10.1 Å². The van der Waals surface area contributed by atoms with Gasteiger partial charge in [-0.05, 0) is 17.0 Å². The molecule has 3 aromatic carbocycles. The normalized spacial score (nSPS) is 16.8. The van der Waals surface area contributed by atoms with Crippen LogP contribution in [0.2, 0.25) is 5.02 Å². The number of hydrogen-bond donors (Lipinski definition) is 1. The highest BCUT2D eigenvalue weighted by Gasteiger charge is 2.29. The third kappa shape index (κ3) is 2.02. The zero-order valence-electron chi connectivity index (χ0n) is 11.5. The summed E-state index contributed by atoms with van der Waals surface area (Å²) in [6.45, 7) is 0. The Morgan fingerprint density at radius 3 is 2.55 bits per heavy atom. The van der Waals surface area contributed by atoms with Crippen LogP contribution in [0.5, 0.6) is 5.75 Å². The summed E-state index contributed by atoms with van der Waals surface area (Å²) < 4.78 is 5.44. The van der Waals surface area contributed by atoms with Crippen molar-refractivity contribution in [3.63, 3.8) is 0 Å². The highest BCUT2D eigenvalue weighted by molar-refractivity contribution is 6.31. The molecule has 1 heterocycles. The lowest BCUT2D eigenvalue weighted by molar-refractivity contribution is 0.192. The van der Waals surface area contributed by atoms with Gasteiger partial charge in [0.1, 0.15) is 5.75 Å². The first-order valence-corrected chi connectivity index (χ1v) is 7.36. The van der Waals surface area contributed by atoms with Gasteiger partial charge in [0.25, 0.3) is 0 Å². The second-order valence-electron chi connectivity index (χ2n) is 5.19. The van der Waals surface area contributed by atoms with Crippen LogP contribution in [0, 0.1) is 0 Å². The number of hydrogen-bond acceptors (Lipinski definition) is 2. The number of carbonyl (C=O) groups is 1. The molecule has 1 aliphatic heterocycles. The number of nitrogens with one attached hydrogen (secondary N) is 1. The number of carbonyl (C=O) groups excluding carboxylic acids is 1. The predicted octanol–water partition coefficient (Wildman–Crippen LogP) is 4.68. The van der Waals surface area contributed by atoms with E-state index in [0.29, 0.717) is 10.8 Å². The number of rotatable bonds is 1. The first-order valence-electron chi connectivity index (χ1n) is 6.98. The molecule has 3 nitrogen and oxygen atoms in total. The fourth-order valence-electron chi connectivity index (χ4n) is 2.87. The first-order chi connectivity index (χ1) is 10.7. The Hall–Kier alpha value is -2.52. The molecule has 0 spiro atoms. The number of amides is 1. The zero-order valence-corrected chi connectivity index (χ0v) is 12.3. The smallest absolute Gasteiger partial charge is 0.409 e. The van der Waals surface area contributed by atoms with Crippen molar-refractivity contribution in [2.75, 3.05) is 0 Å². The van der Waals surface area contributed by atoms with E-state index in [9.17, 15) is 4.79 Å². The van der Waals surface area contributed by atoms with E-state index in [-0.39, 0.29) is 6.04 Å². The predicted molar refractivity (Wildman–Crippen MR) is 86.4 cm³/mol. The van der Waals surface area contributed by atoms with Crippen molar-refractivity contribution in [3.8, 4) is 5.75 Å². The summed E-state index contributed by atoms with van der Waals surface area (Å²) in [6, 6.07) is 19.0. The molecule has 108 valence electrons. The Morgan fingerprint density at radius 2 is 1.68 bits per heavy atom. The summed E-state index contributed by atoms with van der Waals surface area (Å²) in [7, 11) is 0. The van der Waals surface area contributed by atoms with Crippen molar-refractivity contribution < 1.29 is 9.53 Å². The second-order valence-corrected chi connectivity index (χ2v) is 5.60. The van der Waals surface area contributed by atoms with Gasteiger partial charge >= 0.3 is 6.09 Å². The number of benzene rings is 3. The van der Waals surface area contributed by atoms with Crippen LogP contribution in [0.3, 0.4) is 0 Å². The van der Waals surface area contributed by atoms with Gasteiger partial charge in [-0.2, -0.15) is 0 Å². The van der Waals surface area contributed by atoms with Crippen LogP contribution >= 0.6 is 11.6 Å². The summed E-state index contributed by atoms with van der Waals surface area (Å²) in [6.07, 6.45) is -0.464. The summed E-state index contributed by atoms with van der Waals surface area (Å²) in [5.41, 5.74) is 1.77. The zero-order chi connectivity index (χ0) is 15.1. The lowest BCUT2D eigenvalue weighted by Crippen LogP contribution is -2.36. The van der Waals surface area contributed by atoms with Crippen LogP contribution in [0.25, 0.3) is 10.8 Å². The van der Waals surface area contributed by atoms with Crippen molar-refractivity contribution in [2.45, 2.75) is 6.04 Å². The van der Waals surface area contributed by atoms with Crippen LogP contribution in [-0.2, 0) is 0 Å². The van der Waals surface area contributed by atoms with E-state index in [0.717, 1.165) is 21.9 Å². The molecule has 0 bridgehead atoms. The topological polar surface area (TPSA) is 38.3 Å². The summed E-state index contributed by atoms with van der Waals surface area (Å²) in [5, 5.41) is 5.43. The molecule has 3 aromatic rings. The van der Waals surface area contributed by atoms with Gasteiger partial charge in [-0.1, -0.05) is 66.2 Å². The van der Waals surface area contributed by atoms with Crippen molar-refractivity contribution in [1.82, 2.24) is 5.32 Å². The molecule has 0 radical (unpaired) electrons. The summed E-state index contributed by atoms with van der Waals surface area (Å²) >= 11 is 6.30. The third-order valence-electron chi connectivity index (χ3n) is 3.89. The van der Waals surface area contributed by atoms with Crippen LogP contribution in [-0.4, -0.2) is 6.09 Å². The standard InChI is InChI=1S/C18H12ClNO2/c19-15-8-4-3-7-13(15)16-14-10-9-11-5-1-2-6-12(11)17(14)22-18(21)20-16/h1-10,16H,(H,20,21). The SMILES string of the molecule is O=C1NC(c2ccccc2Cl)c2ccc3ccccc3c2O1. The van der Waals surface area contributed by atoms with Gasteiger partial charge in [0.2, 0.25) is 0 Å². The average molecular weight is 310 g/mol. The van der Waals surface area contributed by atoms with Crippen LogP contribution in [0.15, 0.2) is 60.7 Å². The van der Waals surface area contributed by atoms with Gasteiger partial charge in [0, 0.05) is 16.0 Å². The van der Waals surface area contributed by atoms with Crippen molar-refractivity contribution >= 4 is 28.5 Å². The van der Waals surface area contributed by atoms with Gasteiger partial charge in [-0.3, -0.25) is 0 Å². The van der Waals surface area contributed by atoms with E-state index in [1.54, 1.807) is 0 Å². The van der Waals surface area contributed by atoms with Crippen LogP contribution in [0.4, 0.5) is 4.79 Å². The molecule has 0 aliphatic carbocycles. The Labute approximate surface area is 132 Å². The van der Waals surface area contributed by atoms with E-state index >= 15 is 0 Å². The van der Waals surface area contributed by atoms with Gasteiger partial charge in [-0.25, -0.2) is 4.79 Å². The molecule has 22 heavy (non-hydrogen) atoms. The monoisotopic (exact) mass is 309 g/mol.